The van der Waals surface area contributed by atoms with Gasteiger partial charge in [0.25, 0.3) is 0 Å². The molecule has 1 saturated heterocycles. The van der Waals surface area contributed by atoms with Crippen molar-refractivity contribution in [2.24, 2.45) is 0 Å². The Balaban J connectivity index is 2.00. The van der Waals surface area contributed by atoms with Crippen LogP contribution in [0.2, 0.25) is 0 Å². The summed E-state index contributed by atoms with van der Waals surface area (Å²) in [7, 11) is 1.59. The lowest BCUT2D eigenvalue weighted by Gasteiger charge is -2.33. The molecule has 0 radical (unpaired) electrons. The number of ether oxygens (including phenoxy) is 2. The lowest BCUT2D eigenvalue weighted by atomic mass is 9.94. The third-order valence-electron chi connectivity index (χ3n) is 3.89. The zero-order valence-electron chi connectivity index (χ0n) is 12.2. The van der Waals surface area contributed by atoms with Crippen LogP contribution in [0.4, 0.5) is 5.69 Å². The van der Waals surface area contributed by atoms with E-state index in [0.717, 1.165) is 25.0 Å². The highest BCUT2D eigenvalue weighted by atomic mass is 16.5. The molecule has 112 valence electrons. The first-order chi connectivity index (χ1) is 10.1. The third kappa shape index (κ3) is 2.44. The molecule has 2 aromatic rings. The van der Waals surface area contributed by atoms with E-state index in [1.165, 1.54) is 0 Å². The van der Waals surface area contributed by atoms with E-state index < -0.39 is 0 Å². The average Bonchev–Trinajstić information content (AvgIpc) is 2.98. The van der Waals surface area contributed by atoms with Crippen LogP contribution in [0.15, 0.2) is 18.2 Å². The van der Waals surface area contributed by atoms with Crippen LogP contribution < -0.4 is 10.5 Å². The van der Waals surface area contributed by atoms with Crippen molar-refractivity contribution in [2.45, 2.75) is 25.3 Å². The number of nitrogen functional groups attached to an aromatic ring is 1. The number of tetrazole rings is 1. The standard InChI is InChI=1S/C14H19N5O2/c1-14(6-3-7-21-9-14)19-13(16-17-18-19)10-4-5-12(20-2)11(15)8-10/h4-5,8H,3,6-7,9,15H2,1-2H3. The molecule has 3 rings (SSSR count). The molecule has 1 aromatic heterocycles. The fraction of sp³-hybridized carbons (Fsp3) is 0.500. The highest BCUT2D eigenvalue weighted by molar-refractivity contribution is 5.66. The second-order valence-electron chi connectivity index (χ2n) is 5.52. The first-order valence-corrected chi connectivity index (χ1v) is 6.94. The summed E-state index contributed by atoms with van der Waals surface area (Å²) in [4.78, 5) is 0. The number of nitrogens with zero attached hydrogens (tertiary/aromatic N) is 4. The van der Waals surface area contributed by atoms with Gasteiger partial charge in [0.15, 0.2) is 5.82 Å². The van der Waals surface area contributed by atoms with Crippen molar-refractivity contribution in [3.05, 3.63) is 18.2 Å². The van der Waals surface area contributed by atoms with Crippen LogP contribution in [0.1, 0.15) is 19.8 Å². The van der Waals surface area contributed by atoms with Crippen LogP contribution in [0.3, 0.4) is 0 Å². The molecule has 1 aromatic carbocycles. The van der Waals surface area contributed by atoms with E-state index in [1.807, 2.05) is 22.9 Å². The predicted molar refractivity (Wildman–Crippen MR) is 77.9 cm³/mol. The molecule has 1 atom stereocenters. The summed E-state index contributed by atoms with van der Waals surface area (Å²) in [5.41, 5.74) is 7.17. The molecule has 0 bridgehead atoms. The Bertz CT molecular complexity index is 634. The van der Waals surface area contributed by atoms with Crippen molar-refractivity contribution in [2.75, 3.05) is 26.1 Å². The minimum atomic E-state index is -0.230. The highest BCUT2D eigenvalue weighted by Gasteiger charge is 2.33. The molecule has 1 unspecified atom stereocenters. The molecule has 2 heterocycles. The van der Waals surface area contributed by atoms with Gasteiger partial charge < -0.3 is 15.2 Å². The number of hydrogen-bond donors (Lipinski definition) is 1. The number of aromatic nitrogens is 4. The minimum absolute atomic E-state index is 0.230. The Morgan fingerprint density at radius 2 is 2.29 bits per heavy atom. The molecular formula is C14H19N5O2. The number of anilines is 1. The maximum atomic E-state index is 5.97. The van der Waals surface area contributed by atoms with Gasteiger partial charge in [-0.15, -0.1) is 5.10 Å². The van der Waals surface area contributed by atoms with Gasteiger partial charge in [0, 0.05) is 12.2 Å². The zero-order valence-corrected chi connectivity index (χ0v) is 12.2. The third-order valence-corrected chi connectivity index (χ3v) is 3.89. The number of rotatable bonds is 3. The largest absolute Gasteiger partial charge is 0.495 e. The van der Waals surface area contributed by atoms with Gasteiger partial charge in [-0.2, -0.15) is 0 Å². The molecule has 21 heavy (non-hydrogen) atoms. The number of methoxy groups -OCH3 is 1. The summed E-state index contributed by atoms with van der Waals surface area (Å²) in [6, 6.07) is 5.56. The molecule has 0 saturated carbocycles. The van der Waals surface area contributed by atoms with Gasteiger partial charge in [0.1, 0.15) is 5.75 Å². The summed E-state index contributed by atoms with van der Waals surface area (Å²) in [5.74, 6) is 1.34. The molecule has 1 fully saturated rings. The van der Waals surface area contributed by atoms with E-state index in [2.05, 4.69) is 22.4 Å². The maximum absolute atomic E-state index is 5.97. The van der Waals surface area contributed by atoms with Crippen LogP contribution in [0, 0.1) is 0 Å². The summed E-state index contributed by atoms with van der Waals surface area (Å²) >= 11 is 0. The number of nitrogens with two attached hydrogens (primary N) is 1. The van der Waals surface area contributed by atoms with E-state index in [4.69, 9.17) is 15.2 Å². The summed E-state index contributed by atoms with van der Waals surface area (Å²) < 4.78 is 12.6. The van der Waals surface area contributed by atoms with Gasteiger partial charge >= 0.3 is 0 Å². The van der Waals surface area contributed by atoms with Gasteiger partial charge in [-0.3, -0.25) is 0 Å². The lowest BCUT2D eigenvalue weighted by Crippen LogP contribution is -2.40. The fourth-order valence-electron chi connectivity index (χ4n) is 2.69. The predicted octanol–water partition coefficient (Wildman–Crippen LogP) is 1.46. The van der Waals surface area contributed by atoms with Gasteiger partial charge in [-0.05, 0) is 48.4 Å². The Labute approximate surface area is 123 Å². The van der Waals surface area contributed by atoms with Crippen molar-refractivity contribution < 1.29 is 9.47 Å². The highest BCUT2D eigenvalue weighted by Crippen LogP contribution is 2.32. The Morgan fingerprint density at radius 1 is 1.43 bits per heavy atom. The molecule has 0 amide bonds. The minimum Gasteiger partial charge on any atom is -0.495 e. The van der Waals surface area contributed by atoms with Crippen LogP contribution in [0.25, 0.3) is 11.4 Å². The van der Waals surface area contributed by atoms with Crippen LogP contribution >= 0.6 is 0 Å². The van der Waals surface area contributed by atoms with E-state index in [0.29, 0.717) is 23.9 Å². The molecule has 7 heteroatoms. The molecule has 0 spiro atoms. The summed E-state index contributed by atoms with van der Waals surface area (Å²) in [6.07, 6.45) is 1.98. The molecule has 7 nitrogen and oxygen atoms in total. The van der Waals surface area contributed by atoms with Crippen molar-refractivity contribution in [1.29, 1.82) is 0 Å². The number of hydrogen-bond acceptors (Lipinski definition) is 6. The number of benzene rings is 1. The van der Waals surface area contributed by atoms with Gasteiger partial charge in [-0.1, -0.05) is 0 Å². The molecular weight excluding hydrogens is 270 g/mol. The summed E-state index contributed by atoms with van der Waals surface area (Å²) in [6.45, 7) is 3.51. The first-order valence-electron chi connectivity index (χ1n) is 6.94. The van der Waals surface area contributed by atoms with Gasteiger partial charge in [-0.25, -0.2) is 4.68 Å². The Morgan fingerprint density at radius 3 is 2.95 bits per heavy atom. The topological polar surface area (TPSA) is 88.1 Å². The SMILES string of the molecule is COc1ccc(-c2nnnn2C2(C)CCCOC2)cc1N. The average molecular weight is 289 g/mol. The molecule has 0 aliphatic carbocycles. The van der Waals surface area contributed by atoms with Crippen molar-refractivity contribution in [1.82, 2.24) is 20.2 Å². The van der Waals surface area contributed by atoms with Crippen molar-refractivity contribution in [3.8, 4) is 17.1 Å². The molecule has 1 aliphatic rings. The Hall–Kier alpha value is -2.15. The van der Waals surface area contributed by atoms with Crippen LogP contribution in [0.5, 0.6) is 5.75 Å². The molecule has 1 aliphatic heterocycles. The van der Waals surface area contributed by atoms with Crippen LogP contribution in [-0.2, 0) is 10.3 Å². The molecule has 2 N–H and O–H groups in total. The Kier molecular flexibility index (Phi) is 3.50. The van der Waals surface area contributed by atoms with Gasteiger partial charge in [0.2, 0.25) is 0 Å². The fourth-order valence-corrected chi connectivity index (χ4v) is 2.69. The monoisotopic (exact) mass is 289 g/mol. The zero-order chi connectivity index (χ0) is 14.9. The van der Waals surface area contributed by atoms with Crippen molar-refractivity contribution in [3.63, 3.8) is 0 Å². The van der Waals surface area contributed by atoms with Gasteiger partial charge in [0.05, 0.1) is 24.9 Å². The second-order valence-corrected chi connectivity index (χ2v) is 5.52. The normalized spacial score (nSPS) is 22.2. The van der Waals surface area contributed by atoms with E-state index in [-0.39, 0.29) is 5.54 Å². The van der Waals surface area contributed by atoms with Crippen molar-refractivity contribution >= 4 is 5.69 Å². The van der Waals surface area contributed by atoms with E-state index in [9.17, 15) is 0 Å². The van der Waals surface area contributed by atoms with E-state index >= 15 is 0 Å². The smallest absolute Gasteiger partial charge is 0.182 e. The quantitative estimate of drug-likeness (QED) is 0.861. The van der Waals surface area contributed by atoms with Crippen LogP contribution in [-0.4, -0.2) is 40.5 Å². The van der Waals surface area contributed by atoms with E-state index in [1.54, 1.807) is 7.11 Å². The lowest BCUT2D eigenvalue weighted by molar-refractivity contribution is 0.00348. The second kappa shape index (κ2) is 5.33. The maximum Gasteiger partial charge on any atom is 0.182 e. The first kappa shape index (κ1) is 13.8. The summed E-state index contributed by atoms with van der Waals surface area (Å²) in [5, 5.41) is 12.1.